The molecule has 0 fully saturated rings. The summed E-state index contributed by atoms with van der Waals surface area (Å²) in [6.07, 6.45) is 5.70. The first-order valence-electron chi connectivity index (χ1n) is 4.98. The second kappa shape index (κ2) is 5.55. The van der Waals surface area contributed by atoms with Gasteiger partial charge in [-0.1, -0.05) is 19.8 Å². The van der Waals surface area contributed by atoms with Crippen LogP contribution in [0.2, 0.25) is 0 Å². The molecule has 0 N–H and O–H groups in total. The van der Waals surface area contributed by atoms with E-state index in [1.54, 1.807) is 6.92 Å². The van der Waals surface area contributed by atoms with Crippen molar-refractivity contribution in [1.82, 2.24) is 0 Å². The third-order valence-electron chi connectivity index (χ3n) is 1.84. The molecular weight excluding hydrogens is 192 g/mol. The Morgan fingerprint density at radius 2 is 2.00 bits per heavy atom. The minimum atomic E-state index is -0.902. The van der Waals surface area contributed by atoms with Crippen LogP contribution in [0.25, 0.3) is 0 Å². The molecule has 0 aromatic carbocycles. The normalized spacial score (nSPS) is 14.1. The number of esters is 1. The van der Waals surface area contributed by atoms with Gasteiger partial charge in [-0.05, 0) is 19.8 Å². The lowest BCUT2D eigenvalue weighted by Crippen LogP contribution is -2.32. The number of terminal acetylenes is 1. The lowest BCUT2D eigenvalue weighted by molar-refractivity contribution is -0.155. The molecule has 0 rings (SSSR count). The number of carbonyl (C=O) groups is 2. The molecule has 0 spiro atoms. The molecule has 3 nitrogen and oxygen atoms in total. The minimum absolute atomic E-state index is 0.213. The van der Waals surface area contributed by atoms with Crippen molar-refractivity contribution in [3.8, 4) is 12.3 Å². The zero-order valence-corrected chi connectivity index (χ0v) is 9.79. The van der Waals surface area contributed by atoms with E-state index in [0.717, 1.165) is 0 Å². The molecule has 0 aliphatic carbocycles. The Morgan fingerprint density at radius 3 is 2.33 bits per heavy atom. The summed E-state index contributed by atoms with van der Waals surface area (Å²) in [6.45, 7) is 7.02. The van der Waals surface area contributed by atoms with Crippen molar-refractivity contribution in [3.63, 3.8) is 0 Å². The van der Waals surface area contributed by atoms with E-state index in [-0.39, 0.29) is 12.2 Å². The molecule has 1 unspecified atom stereocenters. The first-order valence-corrected chi connectivity index (χ1v) is 4.98. The fourth-order valence-electron chi connectivity index (χ4n) is 1.40. The SMILES string of the molecule is C#CC(C)(CC(C)C)OC(=O)CC(C)=O. The molecule has 0 aromatic heterocycles. The number of ketones is 1. The van der Waals surface area contributed by atoms with E-state index >= 15 is 0 Å². The zero-order chi connectivity index (χ0) is 12.1. The van der Waals surface area contributed by atoms with Crippen molar-refractivity contribution in [2.24, 2.45) is 5.92 Å². The topological polar surface area (TPSA) is 43.4 Å². The molecule has 0 saturated carbocycles. The first kappa shape index (κ1) is 13.7. The number of hydrogen-bond donors (Lipinski definition) is 0. The lowest BCUT2D eigenvalue weighted by Gasteiger charge is -2.25. The maximum atomic E-state index is 11.3. The fourth-order valence-corrected chi connectivity index (χ4v) is 1.40. The molecule has 0 saturated heterocycles. The van der Waals surface area contributed by atoms with Gasteiger partial charge in [-0.15, -0.1) is 6.42 Å². The zero-order valence-electron chi connectivity index (χ0n) is 9.79. The molecule has 0 aromatic rings. The van der Waals surface area contributed by atoms with Gasteiger partial charge >= 0.3 is 5.97 Å². The van der Waals surface area contributed by atoms with E-state index in [4.69, 9.17) is 11.2 Å². The molecular formula is C12H18O3. The Morgan fingerprint density at radius 1 is 1.47 bits per heavy atom. The average Bonchev–Trinajstić information content (AvgIpc) is 2.00. The summed E-state index contributed by atoms with van der Waals surface area (Å²) in [5, 5.41) is 0. The maximum Gasteiger partial charge on any atom is 0.314 e. The van der Waals surface area contributed by atoms with Gasteiger partial charge in [0.05, 0.1) is 0 Å². The van der Waals surface area contributed by atoms with Crippen LogP contribution in [0.3, 0.4) is 0 Å². The molecule has 15 heavy (non-hydrogen) atoms. The highest BCUT2D eigenvalue weighted by Crippen LogP contribution is 2.20. The molecule has 0 amide bonds. The van der Waals surface area contributed by atoms with Crippen molar-refractivity contribution in [1.29, 1.82) is 0 Å². The summed E-state index contributed by atoms with van der Waals surface area (Å²) >= 11 is 0. The third-order valence-corrected chi connectivity index (χ3v) is 1.84. The van der Waals surface area contributed by atoms with Crippen LogP contribution in [0, 0.1) is 18.3 Å². The van der Waals surface area contributed by atoms with E-state index in [2.05, 4.69) is 5.92 Å². The highest BCUT2D eigenvalue weighted by atomic mass is 16.6. The summed E-state index contributed by atoms with van der Waals surface area (Å²) in [5.41, 5.74) is -0.902. The van der Waals surface area contributed by atoms with Crippen LogP contribution in [-0.2, 0) is 14.3 Å². The molecule has 0 aliphatic heterocycles. The van der Waals surface area contributed by atoms with Crippen LogP contribution in [0.15, 0.2) is 0 Å². The predicted molar refractivity (Wildman–Crippen MR) is 58.1 cm³/mol. The second-order valence-electron chi connectivity index (χ2n) is 4.33. The Kier molecular flexibility index (Phi) is 5.07. The largest absolute Gasteiger partial charge is 0.446 e. The third kappa shape index (κ3) is 5.90. The number of carbonyl (C=O) groups excluding carboxylic acids is 2. The monoisotopic (exact) mass is 210 g/mol. The Labute approximate surface area is 91.2 Å². The summed E-state index contributed by atoms with van der Waals surface area (Å²) < 4.78 is 5.11. The van der Waals surface area contributed by atoms with E-state index in [0.29, 0.717) is 12.3 Å². The van der Waals surface area contributed by atoms with Gasteiger partial charge in [-0.25, -0.2) is 0 Å². The van der Waals surface area contributed by atoms with Crippen LogP contribution < -0.4 is 0 Å². The molecule has 0 aliphatic rings. The van der Waals surface area contributed by atoms with Gasteiger partial charge in [-0.2, -0.15) is 0 Å². The molecule has 3 heteroatoms. The number of Topliss-reactive ketones (excluding diaryl/α,β-unsaturated/α-hetero) is 1. The Hall–Kier alpha value is -1.30. The smallest absolute Gasteiger partial charge is 0.314 e. The van der Waals surface area contributed by atoms with Crippen LogP contribution >= 0.6 is 0 Å². The van der Waals surface area contributed by atoms with Crippen LogP contribution in [-0.4, -0.2) is 17.4 Å². The Bertz CT molecular complexity index is 286. The molecule has 84 valence electrons. The van der Waals surface area contributed by atoms with E-state index in [9.17, 15) is 9.59 Å². The van der Waals surface area contributed by atoms with Gasteiger partial charge in [0.2, 0.25) is 0 Å². The average molecular weight is 210 g/mol. The summed E-state index contributed by atoms with van der Waals surface area (Å²) in [6, 6.07) is 0. The number of ether oxygens (including phenoxy) is 1. The van der Waals surface area contributed by atoms with Crippen molar-refractivity contribution in [3.05, 3.63) is 0 Å². The highest BCUT2D eigenvalue weighted by Gasteiger charge is 2.27. The summed E-state index contributed by atoms with van der Waals surface area (Å²) in [4.78, 5) is 22.0. The van der Waals surface area contributed by atoms with Gasteiger partial charge in [0, 0.05) is 6.42 Å². The summed E-state index contributed by atoms with van der Waals surface area (Å²) in [5.74, 6) is 2.02. The molecule has 0 heterocycles. The van der Waals surface area contributed by atoms with E-state index in [1.807, 2.05) is 13.8 Å². The quantitative estimate of drug-likeness (QED) is 0.396. The fraction of sp³-hybridized carbons (Fsp3) is 0.667. The van der Waals surface area contributed by atoms with E-state index < -0.39 is 11.6 Å². The lowest BCUT2D eigenvalue weighted by atomic mass is 9.95. The van der Waals surface area contributed by atoms with Crippen LogP contribution in [0.4, 0.5) is 0 Å². The highest BCUT2D eigenvalue weighted by molar-refractivity contribution is 5.94. The van der Waals surface area contributed by atoms with Gasteiger partial charge < -0.3 is 4.74 Å². The minimum Gasteiger partial charge on any atom is -0.446 e. The Balaban J connectivity index is 4.38. The van der Waals surface area contributed by atoms with Crippen molar-refractivity contribution >= 4 is 11.8 Å². The number of rotatable bonds is 5. The van der Waals surface area contributed by atoms with Crippen LogP contribution in [0.5, 0.6) is 0 Å². The van der Waals surface area contributed by atoms with E-state index in [1.165, 1.54) is 6.92 Å². The van der Waals surface area contributed by atoms with Gasteiger partial charge in [0.25, 0.3) is 0 Å². The molecule has 0 radical (unpaired) electrons. The standard InChI is InChI=1S/C12H18O3/c1-6-12(5,8-9(2)3)15-11(14)7-10(4)13/h1,9H,7-8H2,2-5H3. The van der Waals surface area contributed by atoms with Gasteiger partial charge in [-0.3, -0.25) is 9.59 Å². The maximum absolute atomic E-state index is 11.3. The summed E-state index contributed by atoms with van der Waals surface area (Å²) in [7, 11) is 0. The predicted octanol–water partition coefficient (Wildman–Crippen LogP) is 1.95. The van der Waals surface area contributed by atoms with Gasteiger partial charge in [0.1, 0.15) is 12.2 Å². The first-order chi connectivity index (χ1) is 6.79. The van der Waals surface area contributed by atoms with Crippen molar-refractivity contribution in [2.75, 3.05) is 0 Å². The van der Waals surface area contributed by atoms with Gasteiger partial charge in [0.15, 0.2) is 5.60 Å². The molecule has 1 atom stereocenters. The van der Waals surface area contributed by atoms with Crippen LogP contribution in [0.1, 0.15) is 40.5 Å². The number of hydrogen-bond acceptors (Lipinski definition) is 3. The van der Waals surface area contributed by atoms with Crippen molar-refractivity contribution in [2.45, 2.75) is 46.1 Å². The molecule has 0 bridgehead atoms. The van der Waals surface area contributed by atoms with Crippen molar-refractivity contribution < 1.29 is 14.3 Å². The second-order valence-corrected chi connectivity index (χ2v) is 4.33.